The second-order valence-corrected chi connectivity index (χ2v) is 22.6. The zero-order valence-corrected chi connectivity index (χ0v) is 41.1. The summed E-state index contributed by atoms with van der Waals surface area (Å²) in [6.45, 7) is 14.7. The summed E-state index contributed by atoms with van der Waals surface area (Å²) in [4.78, 5) is 37.7. The minimum atomic E-state index is -2.59. The Hall–Kier alpha value is -4.75. The van der Waals surface area contributed by atoms with Crippen LogP contribution < -0.4 is 15.9 Å². The predicted octanol–water partition coefficient (Wildman–Crippen LogP) is 11.1. The Morgan fingerprint density at radius 1 is 0.694 bits per heavy atom. The first-order chi connectivity index (χ1) is 30.1. The van der Waals surface area contributed by atoms with Crippen LogP contribution in [-0.4, -0.2) is 47.9 Å². The first-order valence-electron chi connectivity index (χ1n) is 21.2. The van der Waals surface area contributed by atoms with Crippen LogP contribution in [0.15, 0.2) is 161 Å². The number of amides is 2. The quantitative estimate of drug-likeness (QED) is 0.110. The van der Waals surface area contributed by atoms with Crippen LogP contribution in [-0.2, 0) is 32.3 Å². The molecule has 0 bridgehead atoms. The van der Waals surface area contributed by atoms with Crippen molar-refractivity contribution in [2.45, 2.75) is 41.5 Å². The molecule has 9 heteroatoms. The summed E-state index contributed by atoms with van der Waals surface area (Å²) in [5.41, 5.74) is 5.85. The van der Waals surface area contributed by atoms with Gasteiger partial charge in [0.15, 0.2) is 0 Å². The molecule has 1 fully saturated rings. The van der Waals surface area contributed by atoms with Gasteiger partial charge in [-0.2, -0.15) is 0 Å². The van der Waals surface area contributed by atoms with Gasteiger partial charge in [0, 0.05) is 4.88 Å². The number of fused-ring (bicyclic) bond motifs is 1. The fourth-order valence-corrected chi connectivity index (χ4v) is 16.7. The van der Waals surface area contributed by atoms with E-state index in [1.165, 1.54) is 21.5 Å². The topological polar surface area (TPSA) is 49.9 Å². The third-order valence-corrected chi connectivity index (χ3v) is 18.8. The standard InChI is InChI=1S/C53H51N2O3PS2.Os/c1-8-19-43-26-27-46(60-43)50-48-49(53(57)54(50)31-35(3)4)51(55(52(48)56)32-36(5)6)47-29-28-45(61-47)44(30-39-34-58-33-38(39)9-2)37(7)59(40-20-13-10-14-21-40,41-22-15-11-16-23-41)42-24-17-12-18-25-42;/h8-30,35-36H,31-34H2,1-6H3;/q+1;/b19-8+,38-9?,39-30?,44-37?;. The fraction of sp³-hybridized carbons (Fsp3) is 0.226. The van der Waals surface area contributed by atoms with Gasteiger partial charge < -0.3 is 0 Å². The van der Waals surface area contributed by atoms with E-state index in [-0.39, 0.29) is 23.7 Å². The predicted molar refractivity (Wildman–Crippen MR) is 259 cm³/mol. The molecule has 0 aliphatic carbocycles. The van der Waals surface area contributed by atoms with Crippen molar-refractivity contribution in [1.82, 2.24) is 9.80 Å². The van der Waals surface area contributed by atoms with Gasteiger partial charge in [0.2, 0.25) is 0 Å². The maximum atomic E-state index is 15.0. The molecule has 5 nitrogen and oxygen atoms in total. The molecule has 5 aromatic rings. The fourth-order valence-electron chi connectivity index (χ4n) is 8.70. The third kappa shape index (κ3) is 8.03. The van der Waals surface area contributed by atoms with Crippen LogP contribution in [0, 0.1) is 16.2 Å². The van der Waals surface area contributed by atoms with Crippen molar-refractivity contribution < 1.29 is 32.3 Å². The molecule has 0 atom stereocenters. The summed E-state index contributed by atoms with van der Waals surface area (Å²) in [6.07, 6.45) is 8.57. The van der Waals surface area contributed by atoms with E-state index in [2.05, 4.69) is 172 Å². The molecule has 1 saturated heterocycles. The summed E-state index contributed by atoms with van der Waals surface area (Å²) in [7, 11) is -2.59. The summed E-state index contributed by atoms with van der Waals surface area (Å²) < 4.78 is 9.97. The number of carbonyl (C=O) groups is 2. The molecule has 2 amide bonds. The molecule has 0 radical (unpaired) electrons. The number of carbonyl (C=O) groups excluding carboxylic acids is 2. The van der Waals surface area contributed by atoms with E-state index < -0.39 is 7.26 Å². The Bertz CT molecular complexity index is 2650. The summed E-state index contributed by atoms with van der Waals surface area (Å²) in [6, 6.07) is 41.2. The molecule has 3 aromatic carbocycles. The molecular formula is C53H51N2O3OsPS2+. The zero-order chi connectivity index (χ0) is 43.5. The second kappa shape index (κ2) is 18.9. The Morgan fingerprint density at radius 3 is 1.65 bits per heavy atom. The van der Waals surface area contributed by atoms with Crippen molar-refractivity contribution in [3.63, 3.8) is 0 Å². The van der Waals surface area contributed by atoms with Crippen molar-refractivity contribution in [1.29, 1.82) is 0 Å². The van der Waals surface area contributed by atoms with Crippen LogP contribution in [0.5, 0.6) is 0 Å². The molecule has 3 aliphatic heterocycles. The number of hydrogen-bond donors (Lipinski definition) is 0. The Balaban J connectivity index is 1.43. The van der Waals surface area contributed by atoms with Gasteiger partial charge in [-0.3, -0.25) is 0 Å². The van der Waals surface area contributed by atoms with Crippen LogP contribution in [0.25, 0.3) is 23.0 Å². The number of thiophene rings is 2. The SMILES string of the molecule is CC=C1COCC1=CC(=C([C]#[Os])[P+](c1ccccc1)(c1ccccc1)c1ccccc1)c1ccc(C2=C3C(=O)N(CC(C)C)C(c4ccc(/C=C/C)s4)=C3C(=O)N2CC(C)C)s1. The van der Waals surface area contributed by atoms with Gasteiger partial charge in [0.1, 0.15) is 0 Å². The van der Waals surface area contributed by atoms with Crippen LogP contribution in [0.3, 0.4) is 0 Å². The number of ether oxygens (including phenoxy) is 1. The van der Waals surface area contributed by atoms with Gasteiger partial charge in [-0.1, -0.05) is 19.9 Å². The van der Waals surface area contributed by atoms with E-state index >= 15 is 0 Å². The maximum absolute atomic E-state index is 15.0. The number of benzene rings is 3. The average molecular weight is 1050 g/mol. The molecule has 315 valence electrons. The van der Waals surface area contributed by atoms with Crippen molar-refractivity contribution >= 4 is 80.7 Å². The molecular weight excluding hydrogens is 998 g/mol. The van der Waals surface area contributed by atoms with Gasteiger partial charge in [0.05, 0.1) is 0 Å². The summed E-state index contributed by atoms with van der Waals surface area (Å²) >= 11 is 5.04. The zero-order valence-electron chi connectivity index (χ0n) is 36.0. The first kappa shape index (κ1) is 43.9. The monoisotopic (exact) mass is 1050 g/mol. The van der Waals surface area contributed by atoms with E-state index in [1.807, 2.05) is 22.8 Å². The van der Waals surface area contributed by atoms with Gasteiger partial charge in [-0.05, 0) is 19.1 Å². The normalized spacial score (nSPS) is 17.5. The summed E-state index contributed by atoms with van der Waals surface area (Å²) in [5.74, 6) is 0.168. The number of hydrogen-bond acceptors (Lipinski definition) is 5. The van der Waals surface area contributed by atoms with Crippen LogP contribution in [0.1, 0.15) is 61.1 Å². The van der Waals surface area contributed by atoms with E-state index in [0.717, 1.165) is 41.7 Å². The Kier molecular flexibility index (Phi) is 13.4. The van der Waals surface area contributed by atoms with Crippen LogP contribution >= 0.6 is 29.9 Å². The minimum absolute atomic E-state index is 0.104. The summed E-state index contributed by atoms with van der Waals surface area (Å²) in [5, 5.41) is 4.83. The second-order valence-electron chi connectivity index (χ2n) is 16.4. The Labute approximate surface area is 384 Å². The molecule has 8 rings (SSSR count). The van der Waals surface area contributed by atoms with Gasteiger partial charge in [-0.15, -0.1) is 0 Å². The molecule has 0 N–H and O–H groups in total. The van der Waals surface area contributed by atoms with Crippen LogP contribution in [0.4, 0.5) is 0 Å². The molecule has 5 heterocycles. The van der Waals surface area contributed by atoms with Crippen LogP contribution in [0.2, 0.25) is 0 Å². The average Bonchev–Trinajstić information content (AvgIpc) is 4.13. The number of nitrogens with zero attached hydrogens (tertiary/aromatic N) is 2. The van der Waals surface area contributed by atoms with Gasteiger partial charge >= 0.3 is 344 Å². The van der Waals surface area contributed by atoms with E-state index in [4.69, 9.17) is 4.74 Å². The first-order valence-corrected chi connectivity index (χ1v) is 25.9. The van der Waals surface area contributed by atoms with Gasteiger partial charge in [-0.25, -0.2) is 0 Å². The molecule has 62 heavy (non-hydrogen) atoms. The number of rotatable bonds is 13. The van der Waals surface area contributed by atoms with Gasteiger partial charge in [0.25, 0.3) is 0 Å². The van der Waals surface area contributed by atoms with Crippen molar-refractivity contribution in [3.8, 4) is 4.37 Å². The molecule has 2 aromatic heterocycles. The van der Waals surface area contributed by atoms with Crippen molar-refractivity contribution in [2.24, 2.45) is 11.8 Å². The Morgan fingerprint density at radius 2 is 1.18 bits per heavy atom. The van der Waals surface area contributed by atoms with E-state index in [9.17, 15) is 9.59 Å². The van der Waals surface area contributed by atoms with E-state index in [1.54, 1.807) is 40.6 Å². The molecule has 3 aliphatic rings. The third-order valence-electron chi connectivity index (χ3n) is 11.3. The molecule has 0 spiro atoms. The molecule has 0 unspecified atom stereocenters. The number of allylic oxidation sites excluding steroid dienone is 5. The molecule has 0 saturated carbocycles. The van der Waals surface area contributed by atoms with E-state index in [0.29, 0.717) is 43.1 Å². The van der Waals surface area contributed by atoms with Crippen molar-refractivity contribution in [2.75, 3.05) is 26.3 Å². The van der Waals surface area contributed by atoms with Crippen molar-refractivity contribution in [3.05, 3.63) is 181 Å².